The fourth-order valence-electron chi connectivity index (χ4n) is 3.78. The van der Waals surface area contributed by atoms with E-state index in [9.17, 15) is 9.59 Å². The zero-order valence-corrected chi connectivity index (χ0v) is 20.7. The molecule has 0 spiro atoms. The summed E-state index contributed by atoms with van der Waals surface area (Å²) >= 11 is 0. The third-order valence-corrected chi connectivity index (χ3v) is 5.55. The van der Waals surface area contributed by atoms with Crippen molar-refractivity contribution < 1.29 is 24.5 Å². The zero-order chi connectivity index (χ0) is 26.9. The Kier molecular flexibility index (Phi) is 8.70. The minimum Gasteiger partial charge on any atom is -0.497 e. The van der Waals surface area contributed by atoms with Crippen LogP contribution in [0.1, 0.15) is 11.4 Å². The Morgan fingerprint density at radius 3 is 1.63 bits per heavy atom. The van der Waals surface area contributed by atoms with Crippen molar-refractivity contribution >= 4 is 11.9 Å². The van der Waals surface area contributed by atoms with Crippen molar-refractivity contribution in [3.8, 4) is 39.7 Å². The van der Waals surface area contributed by atoms with Crippen molar-refractivity contribution in [1.82, 2.24) is 25.6 Å². The van der Waals surface area contributed by atoms with E-state index >= 15 is 0 Å². The number of carboxylic acid groups (broad SMARTS) is 2. The third-order valence-electron chi connectivity index (χ3n) is 5.55. The Bertz CT molecular complexity index is 1340. The van der Waals surface area contributed by atoms with Gasteiger partial charge in [-0.3, -0.25) is 9.59 Å². The summed E-state index contributed by atoms with van der Waals surface area (Å²) in [5, 5.41) is 23.5. The van der Waals surface area contributed by atoms with E-state index in [0.717, 1.165) is 16.9 Å². The summed E-state index contributed by atoms with van der Waals surface area (Å²) in [5.74, 6) is -1.13. The Morgan fingerprint density at radius 1 is 0.684 bits per heavy atom. The highest BCUT2D eigenvalue weighted by Crippen LogP contribution is 2.30. The van der Waals surface area contributed by atoms with Gasteiger partial charge in [0.1, 0.15) is 5.75 Å². The number of carboxylic acids is 2. The normalized spacial score (nSPS) is 10.8. The van der Waals surface area contributed by atoms with Gasteiger partial charge in [0.15, 0.2) is 0 Å². The summed E-state index contributed by atoms with van der Waals surface area (Å²) in [6.07, 6.45) is 0. The third kappa shape index (κ3) is 7.19. The summed E-state index contributed by atoms with van der Waals surface area (Å²) in [6.45, 7) is 0.283. The molecular formula is C28H27N5O5. The van der Waals surface area contributed by atoms with Gasteiger partial charge in [-0.15, -0.1) is 0 Å². The van der Waals surface area contributed by atoms with Gasteiger partial charge in [-0.2, -0.15) is 0 Å². The molecular weight excluding hydrogens is 486 g/mol. The van der Waals surface area contributed by atoms with Gasteiger partial charge in [0.25, 0.3) is 0 Å². The molecule has 0 aliphatic rings. The first-order valence-corrected chi connectivity index (χ1v) is 11.9. The van der Waals surface area contributed by atoms with Gasteiger partial charge in [0.05, 0.1) is 54.4 Å². The van der Waals surface area contributed by atoms with Crippen LogP contribution in [-0.2, 0) is 22.7 Å². The highest BCUT2D eigenvalue weighted by Gasteiger charge is 2.12. The average molecular weight is 514 g/mol. The minimum atomic E-state index is -0.937. The molecule has 194 valence electrons. The lowest BCUT2D eigenvalue weighted by molar-refractivity contribution is -0.137. The van der Waals surface area contributed by atoms with Gasteiger partial charge in [-0.25, -0.2) is 15.0 Å². The number of pyridine rings is 3. The average Bonchev–Trinajstić information content (AvgIpc) is 2.93. The Balaban J connectivity index is 1.72. The van der Waals surface area contributed by atoms with Crippen LogP contribution in [0, 0.1) is 0 Å². The monoisotopic (exact) mass is 513 g/mol. The van der Waals surface area contributed by atoms with Gasteiger partial charge in [-0.05, 0) is 59.7 Å². The summed E-state index contributed by atoms with van der Waals surface area (Å²) in [6, 6.07) is 22.6. The molecule has 4 aromatic rings. The molecule has 10 nitrogen and oxygen atoms in total. The fraction of sp³-hybridized carbons (Fsp3) is 0.179. The summed E-state index contributed by atoms with van der Waals surface area (Å²) in [7, 11) is 1.62. The van der Waals surface area contributed by atoms with E-state index in [-0.39, 0.29) is 13.1 Å². The molecule has 1 aromatic carbocycles. The highest BCUT2D eigenvalue weighted by atomic mass is 16.5. The molecule has 10 heteroatoms. The lowest BCUT2D eigenvalue weighted by atomic mass is 10.0. The number of hydrogen-bond donors (Lipinski definition) is 4. The molecule has 3 aromatic heterocycles. The molecule has 3 heterocycles. The first-order valence-electron chi connectivity index (χ1n) is 11.9. The molecule has 0 aliphatic heterocycles. The standard InChI is InChI=1S/C28H27N5O5/c1-38-22-10-8-18(9-11-22)19-12-25(23-6-2-4-20(31-23)14-29-16-27(34)35)33-26(13-19)24-7-3-5-21(32-24)15-30-17-28(36)37/h2-13,29-30H,14-17H2,1H3,(H,34,35)(H,36,37). The van der Waals surface area contributed by atoms with Crippen LogP contribution in [-0.4, -0.2) is 57.3 Å². The maximum Gasteiger partial charge on any atom is 0.317 e. The topological polar surface area (TPSA) is 147 Å². The Hall–Kier alpha value is -4.67. The van der Waals surface area contributed by atoms with Crippen molar-refractivity contribution in [1.29, 1.82) is 0 Å². The first kappa shape index (κ1) is 26.4. The first-order chi connectivity index (χ1) is 18.4. The predicted octanol–water partition coefficient (Wildman–Crippen LogP) is 3.23. The van der Waals surface area contributed by atoms with E-state index in [4.69, 9.17) is 19.9 Å². The number of methoxy groups -OCH3 is 1. The Labute approximate surface area is 219 Å². The zero-order valence-electron chi connectivity index (χ0n) is 20.7. The molecule has 38 heavy (non-hydrogen) atoms. The molecule has 4 N–H and O–H groups in total. The molecule has 0 fully saturated rings. The number of benzene rings is 1. The molecule has 0 saturated carbocycles. The second kappa shape index (κ2) is 12.5. The minimum absolute atomic E-state index is 0.162. The van der Waals surface area contributed by atoms with Gasteiger partial charge in [0, 0.05) is 13.1 Å². The second-order valence-electron chi connectivity index (χ2n) is 8.38. The van der Waals surface area contributed by atoms with Crippen LogP contribution in [0.25, 0.3) is 33.9 Å². The lowest BCUT2D eigenvalue weighted by Crippen LogP contribution is -2.22. The van der Waals surface area contributed by atoms with Gasteiger partial charge < -0.3 is 25.6 Å². The van der Waals surface area contributed by atoms with E-state index in [2.05, 4.69) is 20.6 Å². The van der Waals surface area contributed by atoms with Crippen LogP contribution in [0.5, 0.6) is 5.75 Å². The highest BCUT2D eigenvalue weighted by molar-refractivity contribution is 5.75. The second-order valence-corrected chi connectivity index (χ2v) is 8.38. The number of ether oxygens (including phenoxy) is 1. The van der Waals surface area contributed by atoms with Crippen LogP contribution in [0.15, 0.2) is 72.8 Å². The molecule has 0 atom stereocenters. The number of aliphatic carboxylic acids is 2. The fourth-order valence-corrected chi connectivity index (χ4v) is 3.78. The number of rotatable bonds is 12. The van der Waals surface area contributed by atoms with E-state index in [1.807, 2.05) is 72.8 Å². The van der Waals surface area contributed by atoms with Crippen LogP contribution in [0.2, 0.25) is 0 Å². The number of nitrogens with one attached hydrogen (secondary N) is 2. The van der Waals surface area contributed by atoms with Crippen molar-refractivity contribution in [2.24, 2.45) is 0 Å². The molecule has 0 radical (unpaired) electrons. The predicted molar refractivity (Wildman–Crippen MR) is 141 cm³/mol. The maximum atomic E-state index is 10.8. The van der Waals surface area contributed by atoms with E-state index in [1.54, 1.807) is 7.11 Å². The summed E-state index contributed by atoms with van der Waals surface area (Å²) in [4.78, 5) is 35.9. The summed E-state index contributed by atoms with van der Waals surface area (Å²) in [5.41, 5.74) is 5.76. The van der Waals surface area contributed by atoms with Crippen LogP contribution in [0.3, 0.4) is 0 Å². The largest absolute Gasteiger partial charge is 0.497 e. The van der Waals surface area contributed by atoms with Crippen molar-refractivity contribution in [2.45, 2.75) is 13.1 Å². The quantitative estimate of drug-likeness (QED) is 0.223. The Morgan fingerprint density at radius 2 is 1.18 bits per heavy atom. The van der Waals surface area contributed by atoms with E-state index in [1.165, 1.54) is 0 Å². The van der Waals surface area contributed by atoms with Gasteiger partial charge in [-0.1, -0.05) is 24.3 Å². The maximum absolute atomic E-state index is 10.8. The SMILES string of the molecule is COc1ccc(-c2cc(-c3cccc(CNCC(=O)O)n3)nc(-c3cccc(CNCC(=O)O)n3)c2)cc1. The molecule has 0 amide bonds. The van der Waals surface area contributed by atoms with Crippen molar-refractivity contribution in [3.05, 3.63) is 84.2 Å². The number of hydrogen-bond acceptors (Lipinski definition) is 8. The van der Waals surface area contributed by atoms with Crippen molar-refractivity contribution in [2.75, 3.05) is 20.2 Å². The van der Waals surface area contributed by atoms with Gasteiger partial charge >= 0.3 is 11.9 Å². The lowest BCUT2D eigenvalue weighted by Gasteiger charge is -2.12. The summed E-state index contributed by atoms with van der Waals surface area (Å²) < 4.78 is 5.29. The van der Waals surface area contributed by atoms with E-state index < -0.39 is 11.9 Å². The number of nitrogens with zero attached hydrogens (tertiary/aromatic N) is 3. The van der Waals surface area contributed by atoms with Gasteiger partial charge in [0.2, 0.25) is 0 Å². The molecule has 0 aliphatic carbocycles. The van der Waals surface area contributed by atoms with E-state index in [0.29, 0.717) is 47.3 Å². The smallest absolute Gasteiger partial charge is 0.317 e. The van der Waals surface area contributed by atoms with Crippen LogP contribution in [0.4, 0.5) is 0 Å². The molecule has 0 bridgehead atoms. The van der Waals surface area contributed by atoms with Crippen LogP contribution < -0.4 is 15.4 Å². The van der Waals surface area contributed by atoms with Crippen molar-refractivity contribution in [3.63, 3.8) is 0 Å². The molecule has 0 saturated heterocycles. The number of carbonyl (C=O) groups is 2. The molecule has 4 rings (SSSR count). The number of aromatic nitrogens is 3. The molecule has 0 unspecified atom stereocenters. The van der Waals surface area contributed by atoms with Crippen LogP contribution >= 0.6 is 0 Å².